The summed E-state index contributed by atoms with van der Waals surface area (Å²) in [6.45, 7) is 12.4. The summed E-state index contributed by atoms with van der Waals surface area (Å²) in [4.78, 5) is 127. The number of amides is 7. The largest absolute Gasteiger partial charge is 0.508 e. The molecule has 2 aromatic carbocycles. The number of benzene rings is 2. The first kappa shape index (κ1) is 59.2. The standard InChI is InChI=1S/C51H71N7O14/c1-11-28(5)18-23-38(61)52-25-39(62)71-26-36-51(70)72-32(9)42(56-45(64)30(7)44(63)27(3)4)49(68)54-40(29(6)12-2)47(66)57-43(34-19-21-35(60)22-20-34)50(69)58(10)37(24-33-16-14-13-15-17-33)46(65)55-41(31(8)59)48(67)53-36/h11,13-23,27,29-32,36-37,40-44,59-60,63H,12,24-26H2,1-10H3,(H,52,61)(H,53,67)(H,54,68)(H,55,65)(H,56,64)(H,57,66)/b23-18+,28-11+/t29-,30+,31+,32+,36-,37-,40+,41+,42-,43+,44+/m0/s1. The third kappa shape index (κ3) is 17.3. The molecule has 1 fully saturated rings. The van der Waals surface area contributed by atoms with Crippen molar-refractivity contribution in [2.45, 2.75) is 130 Å². The molecule has 0 saturated carbocycles. The van der Waals surface area contributed by atoms with Crippen LogP contribution in [0.1, 0.15) is 85.9 Å². The Morgan fingerprint density at radius 1 is 0.833 bits per heavy atom. The van der Waals surface area contributed by atoms with Crippen LogP contribution in [0.2, 0.25) is 0 Å². The topological polar surface area (TPSA) is 308 Å². The summed E-state index contributed by atoms with van der Waals surface area (Å²) in [6.07, 6.45) is 0.0529. The molecule has 7 amide bonds. The molecule has 1 heterocycles. The first-order valence-corrected chi connectivity index (χ1v) is 23.8. The first-order chi connectivity index (χ1) is 33.9. The zero-order chi connectivity index (χ0) is 54.0. The van der Waals surface area contributed by atoms with Gasteiger partial charge in [0, 0.05) is 19.5 Å². The van der Waals surface area contributed by atoms with E-state index in [1.807, 2.05) is 0 Å². The van der Waals surface area contributed by atoms with Gasteiger partial charge in [-0.2, -0.15) is 0 Å². The lowest BCUT2D eigenvalue weighted by atomic mass is 9.93. The van der Waals surface area contributed by atoms with E-state index >= 15 is 0 Å². The van der Waals surface area contributed by atoms with Crippen LogP contribution in [0.5, 0.6) is 5.75 Å². The van der Waals surface area contributed by atoms with Crippen molar-refractivity contribution < 1.29 is 67.9 Å². The minimum absolute atomic E-state index is 0.158. The number of nitrogens with zero attached hydrogens (tertiary/aromatic N) is 1. The normalized spacial score (nSPS) is 23.9. The number of rotatable bonds is 16. The summed E-state index contributed by atoms with van der Waals surface area (Å²) in [5, 5.41) is 47.0. The van der Waals surface area contributed by atoms with Crippen LogP contribution in [0.4, 0.5) is 0 Å². The van der Waals surface area contributed by atoms with Crippen LogP contribution < -0.4 is 31.9 Å². The Balaban J connectivity index is 2.25. The molecule has 394 valence electrons. The molecule has 0 bridgehead atoms. The van der Waals surface area contributed by atoms with Crippen molar-refractivity contribution in [1.82, 2.24) is 36.8 Å². The highest BCUT2D eigenvalue weighted by atomic mass is 16.6. The van der Waals surface area contributed by atoms with Gasteiger partial charge in [-0.05, 0) is 62.8 Å². The quantitative estimate of drug-likeness (QED) is 0.0638. The lowest BCUT2D eigenvalue weighted by molar-refractivity contribution is -0.160. The molecule has 0 aliphatic carbocycles. The van der Waals surface area contributed by atoms with Gasteiger partial charge in [-0.25, -0.2) is 4.79 Å². The second-order valence-corrected chi connectivity index (χ2v) is 18.3. The number of allylic oxidation sites excluding steroid dienone is 3. The fourth-order valence-electron chi connectivity index (χ4n) is 7.31. The number of phenolic OH excluding ortho intramolecular Hbond substituents is 1. The van der Waals surface area contributed by atoms with Crippen molar-refractivity contribution >= 4 is 53.3 Å². The van der Waals surface area contributed by atoms with Gasteiger partial charge in [0.25, 0.3) is 0 Å². The van der Waals surface area contributed by atoms with Gasteiger partial charge < -0.3 is 61.6 Å². The number of carbonyl (C=O) groups excluding carboxylic acids is 9. The minimum atomic E-state index is -1.94. The van der Waals surface area contributed by atoms with Gasteiger partial charge in [-0.3, -0.25) is 38.4 Å². The van der Waals surface area contributed by atoms with Gasteiger partial charge in [-0.1, -0.05) is 101 Å². The third-order valence-corrected chi connectivity index (χ3v) is 12.3. The molecule has 72 heavy (non-hydrogen) atoms. The summed E-state index contributed by atoms with van der Waals surface area (Å²) in [5.74, 6) is -11.2. The Bertz CT molecular complexity index is 2290. The Hall–Kier alpha value is -7.13. The van der Waals surface area contributed by atoms with E-state index in [0.717, 1.165) is 10.5 Å². The van der Waals surface area contributed by atoms with Crippen molar-refractivity contribution in [3.63, 3.8) is 0 Å². The van der Waals surface area contributed by atoms with E-state index in [0.29, 0.717) is 5.56 Å². The van der Waals surface area contributed by atoms with Gasteiger partial charge in [0.15, 0.2) is 6.04 Å². The monoisotopic (exact) mass is 1010 g/mol. The van der Waals surface area contributed by atoms with Crippen molar-refractivity contribution in [3.05, 3.63) is 89.5 Å². The predicted molar refractivity (Wildman–Crippen MR) is 263 cm³/mol. The van der Waals surface area contributed by atoms with E-state index in [2.05, 4.69) is 31.9 Å². The smallest absolute Gasteiger partial charge is 0.332 e. The van der Waals surface area contributed by atoms with Gasteiger partial charge >= 0.3 is 11.9 Å². The fraction of sp³-hybridized carbons (Fsp3) is 0.510. The second-order valence-electron chi connectivity index (χ2n) is 18.3. The maximum Gasteiger partial charge on any atom is 0.332 e. The Morgan fingerprint density at radius 2 is 1.44 bits per heavy atom. The van der Waals surface area contributed by atoms with E-state index < -0.39 is 139 Å². The zero-order valence-electron chi connectivity index (χ0n) is 42.5. The Labute approximate surface area is 419 Å². The molecule has 21 heteroatoms. The van der Waals surface area contributed by atoms with E-state index in [4.69, 9.17) is 9.47 Å². The van der Waals surface area contributed by atoms with E-state index in [9.17, 15) is 58.5 Å². The maximum absolute atomic E-state index is 14.9. The lowest BCUT2D eigenvalue weighted by Gasteiger charge is -2.34. The van der Waals surface area contributed by atoms with Crippen LogP contribution in [0.25, 0.3) is 0 Å². The fourth-order valence-corrected chi connectivity index (χ4v) is 7.31. The van der Waals surface area contributed by atoms with E-state index in [-0.39, 0.29) is 24.2 Å². The molecule has 0 spiro atoms. The third-order valence-electron chi connectivity index (χ3n) is 12.3. The number of aromatic hydroxyl groups is 1. The van der Waals surface area contributed by atoms with Crippen LogP contribution >= 0.6 is 0 Å². The summed E-state index contributed by atoms with van der Waals surface area (Å²) >= 11 is 0. The molecule has 9 N–H and O–H groups in total. The minimum Gasteiger partial charge on any atom is -0.508 e. The van der Waals surface area contributed by atoms with Gasteiger partial charge in [-0.15, -0.1) is 0 Å². The molecule has 1 aliphatic heterocycles. The van der Waals surface area contributed by atoms with Crippen LogP contribution in [-0.2, 0) is 59.0 Å². The van der Waals surface area contributed by atoms with Crippen molar-refractivity contribution in [2.75, 3.05) is 20.2 Å². The zero-order valence-corrected chi connectivity index (χ0v) is 42.5. The number of aliphatic hydroxyl groups is 2. The number of esters is 2. The molecular formula is C51H71N7O14. The number of likely N-dealkylation sites (N-methyl/N-ethyl adjacent to an activating group) is 1. The summed E-state index contributed by atoms with van der Waals surface area (Å²) < 4.78 is 11.0. The molecule has 1 saturated heterocycles. The number of cyclic esters (lactones) is 1. The highest BCUT2D eigenvalue weighted by Crippen LogP contribution is 2.23. The number of hydrogen-bond donors (Lipinski definition) is 9. The number of nitrogens with one attached hydrogen (secondary N) is 6. The summed E-state index contributed by atoms with van der Waals surface area (Å²) in [7, 11) is 1.29. The predicted octanol–water partition coefficient (Wildman–Crippen LogP) is 0.765. The van der Waals surface area contributed by atoms with Crippen molar-refractivity contribution in [1.29, 1.82) is 0 Å². The van der Waals surface area contributed by atoms with Crippen LogP contribution in [0, 0.1) is 17.8 Å². The molecule has 11 atom stereocenters. The summed E-state index contributed by atoms with van der Waals surface area (Å²) in [5.41, 5.74) is 1.48. The molecular weight excluding hydrogens is 935 g/mol. The van der Waals surface area contributed by atoms with Gasteiger partial charge in [0.1, 0.15) is 55.2 Å². The number of aliphatic hydroxyl groups excluding tert-OH is 2. The number of carbonyl (C=O) groups is 9. The molecule has 0 radical (unpaired) electrons. The molecule has 21 nitrogen and oxygen atoms in total. The molecule has 1 aliphatic rings. The second kappa shape index (κ2) is 28.0. The number of phenols is 1. The van der Waals surface area contributed by atoms with Crippen molar-refractivity contribution in [2.24, 2.45) is 17.8 Å². The van der Waals surface area contributed by atoms with Crippen LogP contribution in [-0.4, -0.2) is 142 Å². The highest BCUT2D eigenvalue weighted by molar-refractivity contribution is 5.98. The van der Waals surface area contributed by atoms with Crippen molar-refractivity contribution in [3.8, 4) is 5.75 Å². The lowest BCUT2D eigenvalue weighted by Crippen LogP contribution is -2.61. The molecule has 0 aromatic heterocycles. The maximum atomic E-state index is 14.9. The van der Waals surface area contributed by atoms with Crippen LogP contribution in [0.15, 0.2) is 78.4 Å². The number of hydrogen-bond acceptors (Lipinski definition) is 14. The SMILES string of the molecule is C/C=C(C)/C=C/C(=O)NCC(=O)OC[C@@H]1NC(=O)[C@@H]([C@@H](C)O)NC(=O)[C@H](Cc2ccccc2)N(C)C(=O)[C@@H](c2ccc(O)cc2)NC(=O)[C@@H]([C@@H](C)CC)NC(=O)[C@@H](NC(=O)[C@H](C)[C@H](O)C(C)C)[C@@H](C)OC1=O. The number of ether oxygens (including phenoxy) is 2. The average molecular weight is 1010 g/mol. The molecule has 0 unspecified atom stereocenters. The Morgan fingerprint density at radius 3 is 2.03 bits per heavy atom. The average Bonchev–Trinajstić information content (AvgIpc) is 3.35. The van der Waals surface area contributed by atoms with E-state index in [1.165, 1.54) is 64.2 Å². The van der Waals surface area contributed by atoms with Crippen LogP contribution in [0.3, 0.4) is 0 Å². The Kier molecular flexibility index (Phi) is 23.1. The molecule has 3 rings (SSSR count). The highest BCUT2D eigenvalue weighted by Gasteiger charge is 2.41. The first-order valence-electron chi connectivity index (χ1n) is 23.8. The van der Waals surface area contributed by atoms with E-state index in [1.54, 1.807) is 78.0 Å². The molecule has 2 aromatic rings. The summed E-state index contributed by atoms with van der Waals surface area (Å²) in [6, 6.07) is 3.76. The van der Waals surface area contributed by atoms with Gasteiger partial charge in [0.2, 0.25) is 41.4 Å². The van der Waals surface area contributed by atoms with Gasteiger partial charge in [0.05, 0.1) is 18.1 Å².